The quantitative estimate of drug-likeness (QED) is 0.928. The standard InChI is InChI=1S/C13H14F2N4O/c1-9(10-7-17-19(2)8-10)18-12(20)13(14,15)11-5-3-4-6-16-11/h3-9H,1-2H3,(H,18,20)/t9-/m1/s1. The van der Waals surface area contributed by atoms with Crippen LogP contribution in [0.3, 0.4) is 0 Å². The van der Waals surface area contributed by atoms with Gasteiger partial charge in [-0.2, -0.15) is 13.9 Å². The van der Waals surface area contributed by atoms with Crippen molar-refractivity contribution in [1.29, 1.82) is 0 Å². The number of aromatic nitrogens is 3. The minimum Gasteiger partial charge on any atom is -0.344 e. The Kier molecular flexibility index (Phi) is 3.78. The van der Waals surface area contributed by atoms with Crippen LogP contribution in [0.25, 0.3) is 0 Å². The van der Waals surface area contributed by atoms with Gasteiger partial charge in [0.25, 0.3) is 5.91 Å². The summed E-state index contributed by atoms with van der Waals surface area (Å²) in [6, 6.07) is 3.48. The van der Waals surface area contributed by atoms with Gasteiger partial charge in [0, 0.05) is 25.0 Å². The zero-order valence-electron chi connectivity index (χ0n) is 11.0. The van der Waals surface area contributed by atoms with E-state index in [0.29, 0.717) is 5.56 Å². The predicted octanol–water partition coefficient (Wildman–Crippen LogP) is 1.78. The molecule has 2 aromatic rings. The molecule has 106 valence electrons. The van der Waals surface area contributed by atoms with Crippen LogP contribution in [0.4, 0.5) is 8.78 Å². The van der Waals surface area contributed by atoms with Crippen LogP contribution in [0.1, 0.15) is 24.2 Å². The van der Waals surface area contributed by atoms with E-state index >= 15 is 0 Å². The first kappa shape index (κ1) is 14.1. The fraction of sp³-hybridized carbons (Fsp3) is 0.308. The highest BCUT2D eigenvalue weighted by Gasteiger charge is 2.42. The Balaban J connectivity index is 2.11. The first-order valence-electron chi connectivity index (χ1n) is 6.00. The number of amides is 1. The molecule has 1 N–H and O–H groups in total. The second-order valence-electron chi connectivity index (χ2n) is 4.43. The van der Waals surface area contributed by atoms with Gasteiger partial charge < -0.3 is 5.32 Å². The largest absolute Gasteiger partial charge is 0.366 e. The van der Waals surface area contributed by atoms with Gasteiger partial charge in [0.05, 0.1) is 12.2 Å². The Morgan fingerprint density at radius 2 is 2.20 bits per heavy atom. The van der Waals surface area contributed by atoms with Crippen molar-refractivity contribution >= 4 is 5.91 Å². The average molecular weight is 280 g/mol. The van der Waals surface area contributed by atoms with Gasteiger partial charge in [-0.1, -0.05) is 6.07 Å². The van der Waals surface area contributed by atoms with Crippen molar-refractivity contribution in [3.63, 3.8) is 0 Å². The Labute approximate surface area is 114 Å². The molecule has 1 amide bonds. The number of pyridine rings is 1. The maximum absolute atomic E-state index is 13.9. The summed E-state index contributed by atoms with van der Waals surface area (Å²) >= 11 is 0. The molecule has 0 aliphatic carbocycles. The van der Waals surface area contributed by atoms with E-state index in [1.54, 1.807) is 20.2 Å². The molecule has 0 bridgehead atoms. The van der Waals surface area contributed by atoms with Crippen LogP contribution in [-0.2, 0) is 17.8 Å². The van der Waals surface area contributed by atoms with Crippen molar-refractivity contribution < 1.29 is 13.6 Å². The van der Waals surface area contributed by atoms with Crippen LogP contribution in [0.5, 0.6) is 0 Å². The minimum absolute atomic E-state index is 0.564. The zero-order valence-corrected chi connectivity index (χ0v) is 11.0. The molecule has 20 heavy (non-hydrogen) atoms. The van der Waals surface area contributed by atoms with Gasteiger partial charge in [-0.25, -0.2) is 0 Å². The highest BCUT2D eigenvalue weighted by molar-refractivity contribution is 5.84. The van der Waals surface area contributed by atoms with Crippen LogP contribution in [0.15, 0.2) is 36.8 Å². The number of rotatable bonds is 4. The lowest BCUT2D eigenvalue weighted by Gasteiger charge is -2.18. The number of alkyl halides is 2. The van der Waals surface area contributed by atoms with Crippen molar-refractivity contribution in [2.45, 2.75) is 18.9 Å². The first-order chi connectivity index (χ1) is 9.41. The summed E-state index contributed by atoms with van der Waals surface area (Å²) in [7, 11) is 1.71. The van der Waals surface area contributed by atoms with E-state index in [4.69, 9.17) is 0 Å². The predicted molar refractivity (Wildman–Crippen MR) is 67.9 cm³/mol. The Bertz CT molecular complexity index is 597. The smallest absolute Gasteiger partial charge is 0.344 e. The van der Waals surface area contributed by atoms with Gasteiger partial charge in [0.15, 0.2) is 0 Å². The number of aryl methyl sites for hydroxylation is 1. The second-order valence-corrected chi connectivity index (χ2v) is 4.43. The van der Waals surface area contributed by atoms with Crippen molar-refractivity contribution in [2.75, 3.05) is 0 Å². The topological polar surface area (TPSA) is 59.8 Å². The van der Waals surface area contributed by atoms with Crippen molar-refractivity contribution in [2.24, 2.45) is 7.05 Å². The molecule has 2 aromatic heterocycles. The lowest BCUT2D eigenvalue weighted by molar-refractivity contribution is -0.148. The Morgan fingerprint density at radius 1 is 1.45 bits per heavy atom. The number of nitrogens with one attached hydrogen (secondary N) is 1. The zero-order chi connectivity index (χ0) is 14.8. The monoisotopic (exact) mass is 280 g/mol. The normalized spacial score (nSPS) is 13.0. The maximum atomic E-state index is 13.9. The molecule has 0 fully saturated rings. The summed E-state index contributed by atoms with van der Waals surface area (Å²) in [5.41, 5.74) is 0.0774. The molecule has 5 nitrogen and oxygen atoms in total. The number of hydrogen-bond donors (Lipinski definition) is 1. The fourth-order valence-corrected chi connectivity index (χ4v) is 1.70. The highest BCUT2D eigenvalue weighted by Crippen LogP contribution is 2.27. The van der Waals surface area contributed by atoms with E-state index in [1.165, 1.54) is 29.2 Å². The number of halogens is 2. The molecular formula is C13H14F2N4O. The molecule has 0 spiro atoms. The van der Waals surface area contributed by atoms with E-state index in [2.05, 4.69) is 15.4 Å². The summed E-state index contributed by atoms with van der Waals surface area (Å²) in [5, 5.41) is 6.20. The molecule has 0 aliphatic rings. The number of carbonyl (C=O) groups is 1. The third-order valence-electron chi connectivity index (χ3n) is 2.84. The van der Waals surface area contributed by atoms with Crippen LogP contribution in [-0.4, -0.2) is 20.7 Å². The van der Waals surface area contributed by atoms with Gasteiger partial charge in [0.1, 0.15) is 5.69 Å². The lowest BCUT2D eigenvalue weighted by Crippen LogP contribution is -2.39. The SMILES string of the molecule is C[C@@H](NC(=O)C(F)(F)c1ccccn1)c1cnn(C)c1. The first-order valence-corrected chi connectivity index (χ1v) is 6.00. The van der Waals surface area contributed by atoms with Gasteiger partial charge >= 0.3 is 5.92 Å². The summed E-state index contributed by atoms with van der Waals surface area (Å²) in [5.74, 6) is -5.05. The third kappa shape index (κ3) is 2.81. The Morgan fingerprint density at radius 3 is 2.75 bits per heavy atom. The van der Waals surface area contributed by atoms with E-state index in [0.717, 1.165) is 6.07 Å². The van der Waals surface area contributed by atoms with E-state index in [1.807, 2.05) is 0 Å². The molecule has 0 saturated carbocycles. The van der Waals surface area contributed by atoms with E-state index < -0.39 is 23.6 Å². The lowest BCUT2D eigenvalue weighted by atomic mass is 10.1. The molecule has 2 rings (SSSR count). The summed E-state index contributed by atoms with van der Waals surface area (Å²) in [4.78, 5) is 15.3. The molecule has 7 heteroatoms. The molecule has 0 aliphatic heterocycles. The summed E-state index contributed by atoms with van der Waals surface area (Å²) in [6.07, 6.45) is 4.40. The van der Waals surface area contributed by atoms with E-state index in [-0.39, 0.29) is 0 Å². The average Bonchev–Trinajstić information content (AvgIpc) is 2.86. The molecule has 1 atom stereocenters. The second kappa shape index (κ2) is 5.36. The molecule has 0 radical (unpaired) electrons. The van der Waals surface area contributed by atoms with Gasteiger partial charge in [0.2, 0.25) is 0 Å². The number of hydrogen-bond acceptors (Lipinski definition) is 3. The van der Waals surface area contributed by atoms with Crippen LogP contribution >= 0.6 is 0 Å². The summed E-state index contributed by atoms with van der Waals surface area (Å²) in [6.45, 7) is 1.61. The molecule has 0 saturated heterocycles. The Hall–Kier alpha value is -2.31. The highest BCUT2D eigenvalue weighted by atomic mass is 19.3. The molecule has 0 aromatic carbocycles. The fourth-order valence-electron chi connectivity index (χ4n) is 1.70. The third-order valence-corrected chi connectivity index (χ3v) is 2.84. The number of nitrogens with zero attached hydrogens (tertiary/aromatic N) is 3. The minimum atomic E-state index is -3.67. The van der Waals surface area contributed by atoms with E-state index in [9.17, 15) is 13.6 Å². The maximum Gasteiger partial charge on any atom is 0.366 e. The van der Waals surface area contributed by atoms with Gasteiger partial charge in [-0.3, -0.25) is 14.5 Å². The van der Waals surface area contributed by atoms with Crippen molar-refractivity contribution in [3.8, 4) is 0 Å². The van der Waals surface area contributed by atoms with Crippen molar-refractivity contribution in [1.82, 2.24) is 20.1 Å². The van der Waals surface area contributed by atoms with Gasteiger partial charge in [-0.05, 0) is 19.1 Å². The molecule has 0 unspecified atom stereocenters. The van der Waals surface area contributed by atoms with Crippen molar-refractivity contribution in [3.05, 3.63) is 48.0 Å². The van der Waals surface area contributed by atoms with Gasteiger partial charge in [-0.15, -0.1) is 0 Å². The van der Waals surface area contributed by atoms with Crippen LogP contribution in [0.2, 0.25) is 0 Å². The summed E-state index contributed by atoms with van der Waals surface area (Å²) < 4.78 is 29.4. The number of carbonyl (C=O) groups excluding carboxylic acids is 1. The molecular weight excluding hydrogens is 266 g/mol. The van der Waals surface area contributed by atoms with Crippen LogP contribution in [0, 0.1) is 0 Å². The molecule has 2 heterocycles. The van der Waals surface area contributed by atoms with Crippen LogP contribution < -0.4 is 5.32 Å².